The number of hydrogen-bond acceptors (Lipinski definition) is 3. The predicted octanol–water partition coefficient (Wildman–Crippen LogP) is 8.85. The van der Waals surface area contributed by atoms with Crippen LogP contribution >= 0.6 is 0 Å². The second-order valence-electron chi connectivity index (χ2n) is 12.5. The molecule has 0 aliphatic heterocycles. The molecule has 4 heteroatoms. The number of benzene rings is 2. The number of aliphatic hydroxyl groups excluding tert-OH is 2. The molecular formula is C36H50IrNO2-. The van der Waals surface area contributed by atoms with E-state index in [0.717, 1.165) is 55.3 Å². The quantitative estimate of drug-likeness (QED) is 0.259. The summed E-state index contributed by atoms with van der Waals surface area (Å²) in [7, 11) is 0. The molecule has 5 rings (SSSR count). The number of nitrogens with zero attached hydrogens (tertiary/aromatic N) is 1. The molecule has 2 fully saturated rings. The Morgan fingerprint density at radius 1 is 0.825 bits per heavy atom. The average molecular weight is 721 g/mol. The van der Waals surface area contributed by atoms with Gasteiger partial charge in [0.05, 0.1) is 12.2 Å². The molecule has 0 bridgehead atoms. The van der Waals surface area contributed by atoms with Gasteiger partial charge in [-0.2, -0.15) is 0 Å². The first-order valence-electron chi connectivity index (χ1n) is 15.4. The van der Waals surface area contributed by atoms with E-state index in [1.807, 2.05) is 12.3 Å². The molecule has 221 valence electrons. The molecule has 0 saturated heterocycles. The average Bonchev–Trinajstić information content (AvgIpc) is 3.09. The van der Waals surface area contributed by atoms with Crippen molar-refractivity contribution >= 4 is 10.8 Å². The summed E-state index contributed by atoms with van der Waals surface area (Å²) >= 11 is 0. The van der Waals surface area contributed by atoms with Gasteiger partial charge in [0.25, 0.3) is 0 Å². The summed E-state index contributed by atoms with van der Waals surface area (Å²) < 4.78 is 0. The maximum Gasteiger partial charge on any atom is 0.0651 e. The van der Waals surface area contributed by atoms with Gasteiger partial charge in [-0.3, -0.25) is 0 Å². The van der Waals surface area contributed by atoms with Crippen LogP contribution in [0.5, 0.6) is 0 Å². The largest absolute Gasteiger partial charge is 0.392 e. The maximum absolute atomic E-state index is 11.2. The van der Waals surface area contributed by atoms with E-state index in [1.54, 1.807) is 0 Å². The van der Waals surface area contributed by atoms with Crippen molar-refractivity contribution < 1.29 is 30.3 Å². The van der Waals surface area contributed by atoms with Gasteiger partial charge in [-0.15, -0.1) is 34.9 Å². The van der Waals surface area contributed by atoms with E-state index < -0.39 is 0 Å². The van der Waals surface area contributed by atoms with Crippen LogP contribution in [0.3, 0.4) is 0 Å². The number of aryl methyl sites for hydroxylation is 2. The Bertz CT molecular complexity index is 1210. The maximum atomic E-state index is 11.2. The Morgan fingerprint density at radius 3 is 2.02 bits per heavy atom. The fourth-order valence-corrected chi connectivity index (χ4v) is 7.83. The minimum Gasteiger partial charge on any atom is -0.392 e. The summed E-state index contributed by atoms with van der Waals surface area (Å²) in [6, 6.07) is 18.0. The second-order valence-corrected chi connectivity index (χ2v) is 12.5. The van der Waals surface area contributed by atoms with Gasteiger partial charge in [-0.25, -0.2) is 0 Å². The minimum absolute atomic E-state index is 0. The normalized spacial score (nSPS) is 25.1. The van der Waals surface area contributed by atoms with Crippen LogP contribution in [0.2, 0.25) is 0 Å². The number of aliphatic hydroxyl groups is 2. The molecular weight excluding hydrogens is 671 g/mol. The van der Waals surface area contributed by atoms with Gasteiger partial charge in [0, 0.05) is 32.2 Å². The molecule has 2 aromatic carbocycles. The Balaban J connectivity index is 0.000000217. The Kier molecular flexibility index (Phi) is 11.6. The van der Waals surface area contributed by atoms with Crippen LogP contribution in [-0.4, -0.2) is 27.4 Å². The monoisotopic (exact) mass is 721 g/mol. The van der Waals surface area contributed by atoms with Crippen molar-refractivity contribution in [1.29, 1.82) is 0 Å². The third-order valence-electron chi connectivity index (χ3n) is 10.7. The fourth-order valence-electron chi connectivity index (χ4n) is 7.83. The third-order valence-corrected chi connectivity index (χ3v) is 10.7. The van der Waals surface area contributed by atoms with Gasteiger partial charge in [0.1, 0.15) is 0 Å². The molecule has 2 saturated carbocycles. The molecule has 2 aliphatic rings. The van der Waals surface area contributed by atoms with Gasteiger partial charge < -0.3 is 15.2 Å². The van der Waals surface area contributed by atoms with Crippen molar-refractivity contribution in [2.75, 3.05) is 0 Å². The standard InChI is InChI=1S/C19H36O2.C17H14N.Ir/c1-5-18(6-2)12-9-10-14-11-13-19(7-3,8-4)17(21)15(14)16(18)20;1-12-7-13(2)9-16(8-12)17-10-14-5-3-4-6-15(14)11-18-17;/h14-17,20-21H,5-13H2,1-4H3;3-8,10-11H,1-2H3;/q;-1;. The van der Waals surface area contributed by atoms with E-state index in [9.17, 15) is 10.2 Å². The van der Waals surface area contributed by atoms with Crippen LogP contribution < -0.4 is 0 Å². The van der Waals surface area contributed by atoms with Crippen molar-refractivity contribution in [3.05, 3.63) is 65.9 Å². The van der Waals surface area contributed by atoms with E-state index in [1.165, 1.54) is 35.6 Å². The topological polar surface area (TPSA) is 53.4 Å². The number of hydrogen-bond donors (Lipinski definition) is 2. The van der Waals surface area contributed by atoms with Crippen LogP contribution in [0.25, 0.3) is 22.0 Å². The molecule has 2 aliphatic carbocycles. The van der Waals surface area contributed by atoms with Gasteiger partial charge in [0.2, 0.25) is 0 Å². The first-order chi connectivity index (χ1) is 18.7. The van der Waals surface area contributed by atoms with E-state index in [2.05, 4.69) is 89.0 Å². The SMILES string of the molecule is CCC1(CC)CCCC2CCC(CC)(CC)C(O)C2C1O.Cc1[c-]c(-c2cc3ccccc3cn2)cc(C)c1.[Ir]. The summed E-state index contributed by atoms with van der Waals surface area (Å²) in [5.41, 5.74) is 4.53. The molecule has 2 N–H and O–H groups in total. The molecule has 4 unspecified atom stereocenters. The molecule has 1 radical (unpaired) electrons. The number of rotatable bonds is 5. The van der Waals surface area contributed by atoms with Gasteiger partial charge in [-0.1, -0.05) is 78.3 Å². The predicted molar refractivity (Wildman–Crippen MR) is 164 cm³/mol. The van der Waals surface area contributed by atoms with Crippen molar-refractivity contribution in [3.63, 3.8) is 0 Å². The summed E-state index contributed by atoms with van der Waals surface area (Å²) in [6.07, 6.45) is 11.3. The minimum atomic E-state index is -0.326. The Morgan fingerprint density at radius 2 is 1.43 bits per heavy atom. The van der Waals surface area contributed by atoms with E-state index in [-0.39, 0.29) is 49.1 Å². The summed E-state index contributed by atoms with van der Waals surface area (Å²) in [4.78, 5) is 4.53. The van der Waals surface area contributed by atoms with Crippen LogP contribution in [0.4, 0.5) is 0 Å². The smallest absolute Gasteiger partial charge is 0.0651 e. The molecule has 1 heterocycles. The summed E-state index contributed by atoms with van der Waals surface area (Å²) in [5.74, 6) is 0.627. The number of pyridine rings is 1. The number of aromatic nitrogens is 1. The Labute approximate surface area is 256 Å². The molecule has 40 heavy (non-hydrogen) atoms. The molecule has 1 aromatic heterocycles. The number of fused-ring (bicyclic) bond motifs is 2. The molecule has 0 amide bonds. The molecule has 3 aromatic rings. The zero-order valence-corrected chi connectivity index (χ0v) is 27.9. The summed E-state index contributed by atoms with van der Waals surface area (Å²) in [6.45, 7) is 13.0. The summed E-state index contributed by atoms with van der Waals surface area (Å²) in [5, 5.41) is 24.8. The van der Waals surface area contributed by atoms with Crippen LogP contribution in [0.1, 0.15) is 96.6 Å². The van der Waals surface area contributed by atoms with E-state index in [4.69, 9.17) is 0 Å². The fraction of sp³-hybridized carbons (Fsp3) is 0.583. The third kappa shape index (κ3) is 6.57. The first kappa shape index (κ1) is 32.9. The Hall–Kier alpha value is -1.58. The van der Waals surface area contributed by atoms with Gasteiger partial charge >= 0.3 is 0 Å². The van der Waals surface area contributed by atoms with Crippen LogP contribution in [0, 0.1) is 42.6 Å². The van der Waals surface area contributed by atoms with Gasteiger partial charge in [-0.05, 0) is 84.6 Å². The van der Waals surface area contributed by atoms with Crippen molar-refractivity contribution in [2.45, 2.75) is 112 Å². The van der Waals surface area contributed by atoms with Crippen molar-refractivity contribution in [1.82, 2.24) is 4.98 Å². The van der Waals surface area contributed by atoms with Crippen LogP contribution in [-0.2, 0) is 20.1 Å². The van der Waals surface area contributed by atoms with Crippen molar-refractivity contribution in [3.8, 4) is 11.3 Å². The molecule has 4 atom stereocenters. The molecule has 3 nitrogen and oxygen atoms in total. The zero-order chi connectivity index (χ0) is 28.2. The van der Waals surface area contributed by atoms with Crippen molar-refractivity contribution in [2.24, 2.45) is 22.7 Å². The van der Waals surface area contributed by atoms with E-state index in [0.29, 0.717) is 5.92 Å². The van der Waals surface area contributed by atoms with E-state index >= 15 is 0 Å². The first-order valence-corrected chi connectivity index (χ1v) is 15.4. The molecule has 0 spiro atoms. The zero-order valence-electron chi connectivity index (χ0n) is 25.5. The van der Waals surface area contributed by atoms with Gasteiger partial charge in [0.15, 0.2) is 0 Å². The van der Waals surface area contributed by atoms with Crippen LogP contribution in [0.15, 0.2) is 48.7 Å². The second kappa shape index (κ2) is 14.1.